The van der Waals surface area contributed by atoms with Crippen molar-refractivity contribution in [3.05, 3.63) is 57.9 Å². The maximum Gasteiger partial charge on any atom is 0.355 e. The van der Waals surface area contributed by atoms with Crippen molar-refractivity contribution in [1.29, 1.82) is 0 Å². The number of ether oxygens (including phenoxy) is 3. The molecule has 8 heteroatoms. The maximum atomic E-state index is 12.4. The van der Waals surface area contributed by atoms with Crippen LogP contribution in [0.4, 0.5) is 5.69 Å². The summed E-state index contributed by atoms with van der Waals surface area (Å²) in [5, 5.41) is 0.574. The summed E-state index contributed by atoms with van der Waals surface area (Å²) >= 11 is 12.7. The molecule has 0 unspecified atom stereocenters. The summed E-state index contributed by atoms with van der Waals surface area (Å²) in [7, 11) is 2.44. The van der Waals surface area contributed by atoms with Crippen molar-refractivity contribution >= 4 is 40.8 Å². The quantitative estimate of drug-likeness (QED) is 0.673. The zero-order valence-corrected chi connectivity index (χ0v) is 16.8. The van der Waals surface area contributed by atoms with Crippen molar-refractivity contribution in [2.45, 2.75) is 20.0 Å². The fourth-order valence-corrected chi connectivity index (χ4v) is 2.85. The maximum absolute atomic E-state index is 12.4. The largest absolute Gasteiger partial charge is 0.489 e. The Morgan fingerprint density at radius 3 is 2.26 bits per heavy atom. The molecule has 0 aromatic heterocycles. The van der Waals surface area contributed by atoms with E-state index in [0.29, 0.717) is 16.5 Å². The van der Waals surface area contributed by atoms with E-state index in [1.54, 1.807) is 30.5 Å². The van der Waals surface area contributed by atoms with Crippen LogP contribution >= 0.6 is 23.2 Å². The third-order valence-corrected chi connectivity index (χ3v) is 4.11. The van der Waals surface area contributed by atoms with Crippen LogP contribution in [0, 0.1) is 0 Å². The van der Waals surface area contributed by atoms with Crippen LogP contribution in [-0.4, -0.2) is 32.3 Å². The Morgan fingerprint density at radius 1 is 1.00 bits per heavy atom. The first-order valence-corrected chi connectivity index (χ1v) is 8.76. The molecule has 0 atom stereocenters. The number of carbonyl (C=O) groups is 2. The minimum atomic E-state index is -0.735. The summed E-state index contributed by atoms with van der Waals surface area (Å²) < 4.78 is 15.3. The van der Waals surface area contributed by atoms with Gasteiger partial charge in [0.1, 0.15) is 11.4 Å². The van der Waals surface area contributed by atoms with Gasteiger partial charge in [0.25, 0.3) is 0 Å². The van der Waals surface area contributed by atoms with Crippen LogP contribution in [0.2, 0.25) is 10.0 Å². The molecule has 1 heterocycles. The SMILES string of the molecule is COC(=O)C1=C(C(=O)OC)N(c2cc(Cl)c(OC(C)C)cc2Cl)C=CC=C1. The summed E-state index contributed by atoms with van der Waals surface area (Å²) in [4.78, 5) is 26.0. The molecule has 27 heavy (non-hydrogen) atoms. The van der Waals surface area contributed by atoms with Crippen LogP contribution in [0.5, 0.6) is 5.75 Å². The van der Waals surface area contributed by atoms with E-state index < -0.39 is 11.9 Å². The summed E-state index contributed by atoms with van der Waals surface area (Å²) in [6.45, 7) is 3.73. The lowest BCUT2D eigenvalue weighted by molar-refractivity contribution is -0.139. The molecule has 0 N–H and O–H groups in total. The number of methoxy groups -OCH3 is 2. The molecule has 0 spiro atoms. The van der Waals surface area contributed by atoms with Crippen molar-refractivity contribution in [3.8, 4) is 5.75 Å². The van der Waals surface area contributed by atoms with Gasteiger partial charge >= 0.3 is 11.9 Å². The fourth-order valence-electron chi connectivity index (χ4n) is 2.40. The Bertz CT molecular complexity index is 843. The molecule has 1 aromatic rings. The highest BCUT2D eigenvalue weighted by Gasteiger charge is 2.29. The Morgan fingerprint density at radius 2 is 1.67 bits per heavy atom. The molecule has 144 valence electrons. The predicted molar refractivity (Wildman–Crippen MR) is 104 cm³/mol. The van der Waals surface area contributed by atoms with Gasteiger partial charge in [0.05, 0.1) is 41.6 Å². The Labute approximate surface area is 167 Å². The number of anilines is 1. The molecule has 2 rings (SSSR count). The third-order valence-electron chi connectivity index (χ3n) is 3.51. The van der Waals surface area contributed by atoms with E-state index >= 15 is 0 Å². The minimum Gasteiger partial charge on any atom is -0.489 e. The van der Waals surface area contributed by atoms with Crippen LogP contribution in [0.3, 0.4) is 0 Å². The van der Waals surface area contributed by atoms with Gasteiger partial charge in [-0.2, -0.15) is 0 Å². The average Bonchev–Trinajstić information content (AvgIpc) is 2.85. The van der Waals surface area contributed by atoms with Crippen molar-refractivity contribution < 1.29 is 23.8 Å². The molecule has 0 saturated heterocycles. The van der Waals surface area contributed by atoms with Crippen molar-refractivity contribution in [3.63, 3.8) is 0 Å². The summed E-state index contributed by atoms with van der Waals surface area (Å²) in [6.07, 6.45) is 6.17. The smallest absolute Gasteiger partial charge is 0.355 e. The lowest BCUT2D eigenvalue weighted by atomic mass is 10.1. The number of esters is 2. The van der Waals surface area contributed by atoms with Gasteiger partial charge in [0.2, 0.25) is 0 Å². The molecule has 0 radical (unpaired) electrons. The van der Waals surface area contributed by atoms with Gasteiger partial charge in [-0.1, -0.05) is 29.3 Å². The molecule has 0 amide bonds. The first kappa shape index (κ1) is 20.9. The lowest BCUT2D eigenvalue weighted by Gasteiger charge is -2.25. The van der Waals surface area contributed by atoms with Crippen molar-refractivity contribution in [2.24, 2.45) is 0 Å². The van der Waals surface area contributed by atoms with Gasteiger partial charge in [0.15, 0.2) is 0 Å². The van der Waals surface area contributed by atoms with Crippen LogP contribution < -0.4 is 9.64 Å². The zero-order chi connectivity index (χ0) is 20.1. The second kappa shape index (κ2) is 8.97. The van der Waals surface area contributed by atoms with E-state index in [0.717, 1.165) is 0 Å². The first-order chi connectivity index (χ1) is 12.8. The van der Waals surface area contributed by atoms with E-state index in [2.05, 4.69) is 0 Å². The number of nitrogens with zero attached hydrogens (tertiary/aromatic N) is 1. The topological polar surface area (TPSA) is 65.1 Å². The molecule has 0 bridgehead atoms. The molecular formula is C19H19Cl2NO5. The fraction of sp³-hybridized carbons (Fsp3) is 0.263. The second-order valence-electron chi connectivity index (χ2n) is 5.72. The second-order valence-corrected chi connectivity index (χ2v) is 6.53. The van der Waals surface area contributed by atoms with E-state index in [-0.39, 0.29) is 22.4 Å². The Kier molecular flexibility index (Phi) is 6.93. The van der Waals surface area contributed by atoms with E-state index in [9.17, 15) is 9.59 Å². The van der Waals surface area contributed by atoms with Crippen LogP contribution in [0.25, 0.3) is 0 Å². The standard InChI is InChI=1S/C19H19Cl2NO5/c1-11(2)27-16-10-13(20)15(9-14(16)21)22-8-6-5-7-12(18(23)25-3)17(22)19(24)26-4/h5-11H,1-4H3. The van der Waals surface area contributed by atoms with Gasteiger partial charge in [0, 0.05) is 12.3 Å². The van der Waals surface area contributed by atoms with Crippen LogP contribution in [-0.2, 0) is 19.1 Å². The monoisotopic (exact) mass is 411 g/mol. The molecule has 0 fully saturated rings. The number of hydrogen-bond donors (Lipinski definition) is 0. The van der Waals surface area contributed by atoms with Crippen LogP contribution in [0.1, 0.15) is 13.8 Å². The molecule has 0 aliphatic carbocycles. The number of hydrogen-bond acceptors (Lipinski definition) is 6. The number of rotatable bonds is 5. The highest BCUT2D eigenvalue weighted by Crippen LogP contribution is 2.39. The molecule has 1 aromatic carbocycles. The number of allylic oxidation sites excluding steroid dienone is 2. The normalized spacial score (nSPS) is 13.7. The van der Waals surface area contributed by atoms with Crippen molar-refractivity contribution in [2.75, 3.05) is 19.1 Å². The van der Waals surface area contributed by atoms with Gasteiger partial charge in [-0.25, -0.2) is 9.59 Å². The van der Waals surface area contributed by atoms with Gasteiger partial charge in [-0.15, -0.1) is 0 Å². The molecule has 6 nitrogen and oxygen atoms in total. The Hall–Kier alpha value is -2.44. The lowest BCUT2D eigenvalue weighted by Crippen LogP contribution is -2.27. The van der Waals surface area contributed by atoms with E-state index in [1.165, 1.54) is 25.2 Å². The molecule has 1 aliphatic rings. The Balaban J connectivity index is 2.65. The highest BCUT2D eigenvalue weighted by atomic mass is 35.5. The number of benzene rings is 1. The van der Waals surface area contributed by atoms with Gasteiger partial charge < -0.3 is 19.1 Å². The number of halogens is 2. The zero-order valence-electron chi connectivity index (χ0n) is 15.3. The summed E-state index contributed by atoms with van der Waals surface area (Å²) in [5.41, 5.74) is 0.341. The highest BCUT2D eigenvalue weighted by molar-refractivity contribution is 6.36. The third kappa shape index (κ3) is 4.64. The summed E-state index contributed by atoms with van der Waals surface area (Å²) in [5.74, 6) is -1.02. The molecular weight excluding hydrogens is 393 g/mol. The number of carbonyl (C=O) groups excluding carboxylic acids is 2. The minimum absolute atomic E-state index is 0.0176. The average molecular weight is 412 g/mol. The van der Waals surface area contributed by atoms with Gasteiger partial charge in [-0.3, -0.25) is 0 Å². The van der Waals surface area contributed by atoms with Crippen molar-refractivity contribution in [1.82, 2.24) is 0 Å². The van der Waals surface area contributed by atoms with E-state index in [1.807, 2.05) is 13.8 Å². The molecule has 0 saturated carbocycles. The predicted octanol–water partition coefficient (Wildman–Crippen LogP) is 4.27. The first-order valence-electron chi connectivity index (χ1n) is 8.00. The van der Waals surface area contributed by atoms with Crippen LogP contribution in [0.15, 0.2) is 47.8 Å². The summed E-state index contributed by atoms with van der Waals surface area (Å²) in [6, 6.07) is 3.10. The molecule has 1 aliphatic heterocycles. The van der Waals surface area contributed by atoms with E-state index in [4.69, 9.17) is 37.4 Å². The van der Waals surface area contributed by atoms with Gasteiger partial charge in [-0.05, 0) is 32.1 Å².